The van der Waals surface area contributed by atoms with Crippen LogP contribution in [0.2, 0.25) is 0 Å². The van der Waals surface area contributed by atoms with E-state index in [1.807, 2.05) is 0 Å². The molecule has 0 spiro atoms. The lowest BCUT2D eigenvalue weighted by atomic mass is 9.90. The first-order valence-corrected chi connectivity index (χ1v) is 6.00. The van der Waals surface area contributed by atoms with Crippen LogP contribution in [0.15, 0.2) is 24.4 Å². The fourth-order valence-electron chi connectivity index (χ4n) is 2.44. The number of nitrogens with zero attached hydrogens (tertiary/aromatic N) is 1. The van der Waals surface area contributed by atoms with E-state index in [9.17, 15) is 0 Å². The number of nitrogen functional groups attached to an aromatic ring is 1. The van der Waals surface area contributed by atoms with E-state index in [4.69, 9.17) is 5.84 Å². The summed E-state index contributed by atoms with van der Waals surface area (Å²) in [6.45, 7) is 0. The number of aromatic nitrogens is 2. The van der Waals surface area contributed by atoms with Gasteiger partial charge in [0.15, 0.2) is 0 Å². The van der Waals surface area contributed by atoms with E-state index in [-0.39, 0.29) is 0 Å². The van der Waals surface area contributed by atoms with Crippen molar-refractivity contribution in [2.75, 3.05) is 5.43 Å². The Bertz CT molecular complexity index is 530. The fourth-order valence-corrected chi connectivity index (χ4v) is 2.44. The van der Waals surface area contributed by atoms with E-state index in [1.165, 1.54) is 42.4 Å². The molecule has 4 nitrogen and oxygen atoms in total. The molecular formula is C13H16N4. The van der Waals surface area contributed by atoms with Gasteiger partial charge in [0.05, 0.1) is 11.9 Å². The van der Waals surface area contributed by atoms with Crippen molar-refractivity contribution in [3.63, 3.8) is 0 Å². The van der Waals surface area contributed by atoms with Gasteiger partial charge >= 0.3 is 0 Å². The molecule has 4 heteroatoms. The average Bonchev–Trinajstić information content (AvgIpc) is 2.87. The topological polar surface area (TPSA) is 66.7 Å². The van der Waals surface area contributed by atoms with E-state index >= 15 is 0 Å². The lowest BCUT2D eigenvalue weighted by Gasteiger charge is -2.16. The Kier molecular flexibility index (Phi) is 2.57. The Morgan fingerprint density at radius 1 is 1.18 bits per heavy atom. The summed E-state index contributed by atoms with van der Waals surface area (Å²) in [4.78, 5) is 7.27. The van der Waals surface area contributed by atoms with Crippen LogP contribution in [0.5, 0.6) is 0 Å². The molecule has 0 aliphatic heterocycles. The molecule has 0 atom stereocenters. The third kappa shape index (κ3) is 1.91. The molecule has 2 aromatic rings. The van der Waals surface area contributed by atoms with Crippen LogP contribution in [0.4, 0.5) is 5.95 Å². The SMILES string of the molecule is NNc1ncc(-c2ccc3c(c2)CCCC3)[nH]1. The minimum Gasteiger partial charge on any atom is -0.323 e. The Hall–Kier alpha value is -1.81. The number of hydrogen-bond donors (Lipinski definition) is 3. The molecule has 88 valence electrons. The van der Waals surface area contributed by atoms with Crippen LogP contribution in [0.25, 0.3) is 11.3 Å². The Balaban J connectivity index is 1.97. The van der Waals surface area contributed by atoms with E-state index in [0.717, 1.165) is 5.69 Å². The third-order valence-corrected chi connectivity index (χ3v) is 3.37. The molecule has 0 saturated heterocycles. The molecule has 0 unspecified atom stereocenters. The van der Waals surface area contributed by atoms with Crippen molar-refractivity contribution < 1.29 is 0 Å². The quantitative estimate of drug-likeness (QED) is 0.545. The van der Waals surface area contributed by atoms with Gasteiger partial charge in [0, 0.05) is 0 Å². The number of aryl methyl sites for hydroxylation is 2. The van der Waals surface area contributed by atoms with Gasteiger partial charge in [-0.05, 0) is 48.4 Å². The highest BCUT2D eigenvalue weighted by Crippen LogP contribution is 2.26. The Morgan fingerprint density at radius 2 is 2.00 bits per heavy atom. The van der Waals surface area contributed by atoms with E-state index in [2.05, 4.69) is 33.6 Å². The molecule has 1 aliphatic carbocycles. The zero-order valence-electron chi connectivity index (χ0n) is 9.66. The van der Waals surface area contributed by atoms with E-state index in [1.54, 1.807) is 6.20 Å². The van der Waals surface area contributed by atoms with Crippen molar-refractivity contribution in [3.8, 4) is 11.3 Å². The van der Waals surface area contributed by atoms with Crippen molar-refractivity contribution in [2.45, 2.75) is 25.7 Å². The van der Waals surface area contributed by atoms with Crippen molar-refractivity contribution >= 4 is 5.95 Å². The smallest absolute Gasteiger partial charge is 0.215 e. The predicted octanol–water partition coefficient (Wildman–Crippen LogP) is 2.24. The molecule has 0 fully saturated rings. The number of benzene rings is 1. The second kappa shape index (κ2) is 4.22. The van der Waals surface area contributed by atoms with Crippen LogP contribution >= 0.6 is 0 Å². The number of imidazole rings is 1. The van der Waals surface area contributed by atoms with Crippen LogP contribution in [-0.2, 0) is 12.8 Å². The van der Waals surface area contributed by atoms with Gasteiger partial charge in [-0.1, -0.05) is 12.1 Å². The first-order valence-electron chi connectivity index (χ1n) is 6.00. The number of rotatable bonds is 2. The van der Waals surface area contributed by atoms with Crippen molar-refractivity contribution in [2.24, 2.45) is 5.84 Å². The maximum atomic E-state index is 5.31. The maximum Gasteiger partial charge on any atom is 0.215 e. The Labute approximate surface area is 100 Å². The summed E-state index contributed by atoms with van der Waals surface area (Å²) in [7, 11) is 0. The Morgan fingerprint density at radius 3 is 2.76 bits per heavy atom. The summed E-state index contributed by atoms with van der Waals surface area (Å²) in [6.07, 6.45) is 6.83. The molecule has 0 radical (unpaired) electrons. The lowest BCUT2D eigenvalue weighted by molar-refractivity contribution is 0.686. The summed E-state index contributed by atoms with van der Waals surface area (Å²) in [5, 5.41) is 0. The second-order valence-electron chi connectivity index (χ2n) is 4.48. The minimum absolute atomic E-state index is 0.595. The largest absolute Gasteiger partial charge is 0.323 e. The van der Waals surface area contributed by atoms with Crippen LogP contribution < -0.4 is 11.3 Å². The van der Waals surface area contributed by atoms with Gasteiger partial charge in [-0.15, -0.1) is 0 Å². The molecule has 1 aromatic carbocycles. The molecule has 3 rings (SSSR count). The number of hydrazine groups is 1. The van der Waals surface area contributed by atoms with E-state index < -0.39 is 0 Å². The summed E-state index contributed by atoms with van der Waals surface area (Å²) in [6, 6.07) is 6.65. The lowest BCUT2D eigenvalue weighted by Crippen LogP contribution is -2.07. The molecule has 1 aromatic heterocycles. The standard InChI is InChI=1S/C13H16N4/c14-17-13-15-8-12(16-13)11-6-5-9-3-1-2-4-10(9)7-11/h5-8H,1-4,14H2,(H2,15,16,17). The second-order valence-corrected chi connectivity index (χ2v) is 4.48. The summed E-state index contributed by atoms with van der Waals surface area (Å²) >= 11 is 0. The highest BCUT2D eigenvalue weighted by molar-refractivity contribution is 5.62. The normalized spacial score (nSPS) is 14.4. The van der Waals surface area contributed by atoms with Gasteiger partial charge in [-0.3, -0.25) is 5.43 Å². The van der Waals surface area contributed by atoms with Gasteiger partial charge in [-0.25, -0.2) is 10.8 Å². The number of H-pyrrole nitrogens is 1. The molecule has 0 saturated carbocycles. The maximum absolute atomic E-state index is 5.31. The fraction of sp³-hybridized carbons (Fsp3) is 0.308. The number of fused-ring (bicyclic) bond motifs is 1. The van der Waals surface area contributed by atoms with Crippen LogP contribution in [0.1, 0.15) is 24.0 Å². The highest BCUT2D eigenvalue weighted by Gasteiger charge is 2.11. The van der Waals surface area contributed by atoms with Crippen molar-refractivity contribution in [1.29, 1.82) is 0 Å². The van der Waals surface area contributed by atoms with Crippen molar-refractivity contribution in [3.05, 3.63) is 35.5 Å². The highest BCUT2D eigenvalue weighted by atomic mass is 15.3. The van der Waals surface area contributed by atoms with Gasteiger partial charge in [0.2, 0.25) is 5.95 Å². The number of hydrogen-bond acceptors (Lipinski definition) is 3. The predicted molar refractivity (Wildman–Crippen MR) is 68.5 cm³/mol. The van der Waals surface area contributed by atoms with Gasteiger partial charge < -0.3 is 4.98 Å². The molecule has 17 heavy (non-hydrogen) atoms. The van der Waals surface area contributed by atoms with Crippen LogP contribution in [0, 0.1) is 0 Å². The number of nitrogens with two attached hydrogens (primary N) is 1. The first-order chi connectivity index (χ1) is 8.36. The average molecular weight is 228 g/mol. The van der Waals surface area contributed by atoms with Gasteiger partial charge in [0.25, 0.3) is 0 Å². The molecule has 1 heterocycles. The van der Waals surface area contributed by atoms with Crippen LogP contribution in [0.3, 0.4) is 0 Å². The molecule has 0 amide bonds. The molecular weight excluding hydrogens is 212 g/mol. The third-order valence-electron chi connectivity index (χ3n) is 3.37. The van der Waals surface area contributed by atoms with Gasteiger partial charge in [-0.2, -0.15) is 0 Å². The van der Waals surface area contributed by atoms with Crippen molar-refractivity contribution in [1.82, 2.24) is 9.97 Å². The summed E-state index contributed by atoms with van der Waals surface area (Å²) < 4.78 is 0. The summed E-state index contributed by atoms with van der Waals surface area (Å²) in [5.74, 6) is 5.90. The summed E-state index contributed by atoms with van der Waals surface area (Å²) in [5.41, 5.74) is 7.67. The van der Waals surface area contributed by atoms with Gasteiger partial charge in [0.1, 0.15) is 0 Å². The number of aromatic amines is 1. The van der Waals surface area contributed by atoms with E-state index in [0.29, 0.717) is 5.95 Å². The monoisotopic (exact) mass is 228 g/mol. The number of anilines is 1. The zero-order chi connectivity index (χ0) is 11.7. The molecule has 4 N–H and O–H groups in total. The molecule has 0 bridgehead atoms. The molecule has 1 aliphatic rings. The number of nitrogens with one attached hydrogen (secondary N) is 2. The van der Waals surface area contributed by atoms with Crippen LogP contribution in [-0.4, -0.2) is 9.97 Å². The zero-order valence-corrected chi connectivity index (χ0v) is 9.66. The minimum atomic E-state index is 0.595. The first kappa shape index (κ1) is 10.4.